The smallest absolute Gasteiger partial charge is 0.269 e. The molecular weight excluding hydrogens is 298 g/mol. The highest BCUT2D eigenvalue weighted by molar-refractivity contribution is 6.34. The first kappa shape index (κ1) is 14.0. The van der Waals surface area contributed by atoms with Crippen LogP contribution in [0.5, 0.6) is 0 Å². The minimum Gasteiger partial charge on any atom is -0.350 e. The summed E-state index contributed by atoms with van der Waals surface area (Å²) in [5, 5.41) is 8.80. The average Bonchev–Trinajstić information content (AvgIpc) is 3.15. The van der Waals surface area contributed by atoms with Gasteiger partial charge < -0.3 is 10.6 Å². The fourth-order valence-corrected chi connectivity index (χ4v) is 4.01. The van der Waals surface area contributed by atoms with Gasteiger partial charge in [-0.25, -0.2) is 4.98 Å². The number of pyridine rings is 1. The van der Waals surface area contributed by atoms with E-state index in [4.69, 9.17) is 11.6 Å². The Morgan fingerprint density at radius 1 is 1.36 bits per heavy atom. The van der Waals surface area contributed by atoms with Crippen molar-refractivity contribution in [2.75, 3.05) is 6.54 Å². The Morgan fingerprint density at radius 3 is 3.00 bits per heavy atom. The van der Waals surface area contributed by atoms with Crippen molar-refractivity contribution in [1.82, 2.24) is 15.6 Å². The van der Waals surface area contributed by atoms with Crippen LogP contribution in [0.3, 0.4) is 0 Å². The second-order valence-electron chi connectivity index (χ2n) is 6.27. The molecule has 2 bridgehead atoms. The molecule has 114 valence electrons. The summed E-state index contributed by atoms with van der Waals surface area (Å²) < 4.78 is 0. The summed E-state index contributed by atoms with van der Waals surface area (Å²) in [6.45, 7) is 0.707. The summed E-state index contributed by atoms with van der Waals surface area (Å²) >= 11 is 6.18. The molecule has 0 aliphatic carbocycles. The summed E-state index contributed by atoms with van der Waals surface area (Å²) in [5.41, 5.74) is 0.389. The molecular formula is C17H18ClN3O. The Balaban J connectivity index is 1.48. The van der Waals surface area contributed by atoms with E-state index in [0.29, 0.717) is 35.4 Å². The van der Waals surface area contributed by atoms with Gasteiger partial charge in [-0.15, -0.1) is 0 Å². The van der Waals surface area contributed by atoms with Gasteiger partial charge in [0, 0.05) is 24.0 Å². The fourth-order valence-electron chi connectivity index (χ4n) is 3.75. The molecule has 2 N–H and O–H groups in total. The summed E-state index contributed by atoms with van der Waals surface area (Å²) in [6.07, 6.45) is 3.67. The SMILES string of the molecule is O=C(NCC1CC2CCC1N2)c1cc2ccccc2c(Cl)n1. The van der Waals surface area contributed by atoms with Gasteiger partial charge in [-0.3, -0.25) is 4.79 Å². The maximum atomic E-state index is 12.4. The molecule has 1 amide bonds. The van der Waals surface area contributed by atoms with Gasteiger partial charge in [-0.05, 0) is 36.6 Å². The largest absolute Gasteiger partial charge is 0.350 e. The molecule has 1 aromatic heterocycles. The number of aromatic nitrogens is 1. The van der Waals surface area contributed by atoms with E-state index in [2.05, 4.69) is 15.6 Å². The summed E-state index contributed by atoms with van der Waals surface area (Å²) in [7, 11) is 0. The van der Waals surface area contributed by atoms with E-state index < -0.39 is 0 Å². The van der Waals surface area contributed by atoms with Crippen LogP contribution >= 0.6 is 11.6 Å². The maximum absolute atomic E-state index is 12.4. The number of carbonyl (C=O) groups is 1. The van der Waals surface area contributed by atoms with Gasteiger partial charge in [0.25, 0.3) is 5.91 Å². The maximum Gasteiger partial charge on any atom is 0.269 e. The van der Waals surface area contributed by atoms with Crippen molar-refractivity contribution in [2.45, 2.75) is 31.3 Å². The topological polar surface area (TPSA) is 54.0 Å². The van der Waals surface area contributed by atoms with Gasteiger partial charge in [0.2, 0.25) is 0 Å². The number of rotatable bonds is 3. The number of nitrogens with one attached hydrogen (secondary N) is 2. The minimum atomic E-state index is -0.143. The quantitative estimate of drug-likeness (QED) is 0.856. The van der Waals surface area contributed by atoms with Crippen LogP contribution in [0.4, 0.5) is 0 Å². The standard InChI is InChI=1S/C17H18ClN3O/c18-16-13-4-2-1-3-10(13)8-15(21-16)17(22)19-9-11-7-12-5-6-14(11)20-12/h1-4,8,11-12,14,20H,5-7,9H2,(H,19,22). The van der Waals surface area contributed by atoms with E-state index in [1.54, 1.807) is 6.07 Å². The molecule has 0 radical (unpaired) electrons. The second kappa shape index (κ2) is 5.52. The molecule has 5 heteroatoms. The highest BCUT2D eigenvalue weighted by Crippen LogP contribution is 2.32. The first-order chi connectivity index (χ1) is 10.7. The van der Waals surface area contributed by atoms with E-state index in [9.17, 15) is 4.79 Å². The molecule has 0 saturated carbocycles. The first-order valence-electron chi connectivity index (χ1n) is 7.80. The number of fused-ring (bicyclic) bond motifs is 3. The third kappa shape index (κ3) is 2.46. The molecule has 2 aliphatic rings. The molecule has 2 aromatic rings. The van der Waals surface area contributed by atoms with Crippen LogP contribution in [0.2, 0.25) is 5.15 Å². The van der Waals surface area contributed by atoms with Crippen LogP contribution in [-0.4, -0.2) is 29.5 Å². The monoisotopic (exact) mass is 315 g/mol. The molecule has 4 nitrogen and oxygen atoms in total. The van der Waals surface area contributed by atoms with Gasteiger partial charge in [0.15, 0.2) is 0 Å². The Morgan fingerprint density at radius 2 is 2.23 bits per heavy atom. The minimum absolute atomic E-state index is 0.143. The normalized spacial score (nSPS) is 26.5. The predicted octanol–water partition coefficient (Wildman–Crippen LogP) is 2.76. The van der Waals surface area contributed by atoms with Gasteiger partial charge >= 0.3 is 0 Å². The number of benzene rings is 1. The molecule has 2 saturated heterocycles. The van der Waals surface area contributed by atoms with Crippen LogP contribution in [0, 0.1) is 5.92 Å². The van der Waals surface area contributed by atoms with E-state index in [-0.39, 0.29) is 5.91 Å². The summed E-state index contributed by atoms with van der Waals surface area (Å²) in [4.78, 5) is 16.6. The lowest BCUT2D eigenvalue weighted by Gasteiger charge is -2.20. The number of halogens is 1. The lowest BCUT2D eigenvalue weighted by molar-refractivity contribution is 0.0940. The van der Waals surface area contributed by atoms with Crippen LogP contribution in [0.1, 0.15) is 29.8 Å². The zero-order chi connectivity index (χ0) is 15.1. The lowest BCUT2D eigenvalue weighted by Crippen LogP contribution is -2.35. The number of nitrogens with zero attached hydrogens (tertiary/aromatic N) is 1. The van der Waals surface area contributed by atoms with Gasteiger partial charge in [0.1, 0.15) is 10.8 Å². The average molecular weight is 316 g/mol. The molecule has 2 fully saturated rings. The molecule has 4 rings (SSSR count). The number of hydrogen-bond acceptors (Lipinski definition) is 3. The predicted molar refractivity (Wildman–Crippen MR) is 87.1 cm³/mol. The van der Waals surface area contributed by atoms with E-state index >= 15 is 0 Å². The first-order valence-corrected chi connectivity index (χ1v) is 8.18. The molecule has 2 aliphatic heterocycles. The van der Waals surface area contributed by atoms with Crippen molar-refractivity contribution >= 4 is 28.3 Å². The zero-order valence-electron chi connectivity index (χ0n) is 12.2. The Kier molecular flexibility index (Phi) is 3.51. The van der Waals surface area contributed by atoms with Gasteiger partial charge in [-0.2, -0.15) is 0 Å². The van der Waals surface area contributed by atoms with E-state index in [0.717, 1.165) is 17.2 Å². The summed E-state index contributed by atoms with van der Waals surface area (Å²) in [5.74, 6) is 0.397. The van der Waals surface area contributed by atoms with E-state index in [1.807, 2.05) is 24.3 Å². The van der Waals surface area contributed by atoms with Gasteiger partial charge in [0.05, 0.1) is 0 Å². The molecule has 3 unspecified atom stereocenters. The van der Waals surface area contributed by atoms with Crippen molar-refractivity contribution < 1.29 is 4.79 Å². The van der Waals surface area contributed by atoms with Crippen molar-refractivity contribution in [3.05, 3.63) is 41.2 Å². The molecule has 0 spiro atoms. The molecule has 3 atom stereocenters. The van der Waals surface area contributed by atoms with Crippen molar-refractivity contribution in [3.63, 3.8) is 0 Å². The Hall–Kier alpha value is -1.65. The lowest BCUT2D eigenvalue weighted by atomic mass is 9.89. The third-order valence-electron chi connectivity index (χ3n) is 4.88. The zero-order valence-corrected chi connectivity index (χ0v) is 12.9. The summed E-state index contributed by atoms with van der Waals surface area (Å²) in [6, 6.07) is 10.7. The molecule has 3 heterocycles. The van der Waals surface area contributed by atoms with Crippen molar-refractivity contribution in [3.8, 4) is 0 Å². The molecule has 1 aromatic carbocycles. The highest BCUT2D eigenvalue weighted by atomic mass is 35.5. The van der Waals surface area contributed by atoms with Gasteiger partial charge in [-0.1, -0.05) is 35.9 Å². The van der Waals surface area contributed by atoms with E-state index in [1.165, 1.54) is 12.8 Å². The third-order valence-corrected chi connectivity index (χ3v) is 5.17. The van der Waals surface area contributed by atoms with Crippen molar-refractivity contribution in [2.24, 2.45) is 5.92 Å². The second-order valence-corrected chi connectivity index (χ2v) is 6.63. The number of hydrogen-bond donors (Lipinski definition) is 2. The Labute approximate surface area is 134 Å². The molecule has 22 heavy (non-hydrogen) atoms. The number of carbonyl (C=O) groups excluding carboxylic acids is 1. The van der Waals surface area contributed by atoms with Crippen molar-refractivity contribution in [1.29, 1.82) is 0 Å². The van der Waals surface area contributed by atoms with Crippen LogP contribution in [0.15, 0.2) is 30.3 Å². The van der Waals surface area contributed by atoms with Crippen LogP contribution in [-0.2, 0) is 0 Å². The highest BCUT2D eigenvalue weighted by Gasteiger charge is 2.38. The van der Waals surface area contributed by atoms with Crippen LogP contribution in [0.25, 0.3) is 10.8 Å². The number of amides is 1. The Bertz CT molecular complexity index is 733. The van der Waals surface area contributed by atoms with Crippen LogP contribution < -0.4 is 10.6 Å². The fraction of sp³-hybridized carbons (Fsp3) is 0.412.